The molecule has 0 N–H and O–H groups in total. The molecule has 5 atom stereocenters. The van der Waals surface area contributed by atoms with Crippen molar-refractivity contribution in [3.8, 4) is 0 Å². The second-order valence-electron chi connectivity index (χ2n) is 10.3. The van der Waals surface area contributed by atoms with Gasteiger partial charge in [-0.3, -0.25) is 4.79 Å². The van der Waals surface area contributed by atoms with Gasteiger partial charge in [0.1, 0.15) is 18.3 Å². The number of anilines is 1. The SMILES string of the molecule is CC(C)[C@@H]1CC[C@@H](C)C[C@H]1OC(=O)Cc1ccccc1N1C[C@@H]2OC(C)(C)O[C@@H]2C1. The average molecular weight is 416 g/mol. The van der Waals surface area contributed by atoms with Gasteiger partial charge in [-0.25, -0.2) is 0 Å². The highest BCUT2D eigenvalue weighted by atomic mass is 16.8. The Labute approximate surface area is 181 Å². The maximum Gasteiger partial charge on any atom is 0.310 e. The number of hydrogen-bond acceptors (Lipinski definition) is 5. The molecule has 1 saturated carbocycles. The third kappa shape index (κ3) is 4.67. The van der Waals surface area contributed by atoms with Crippen molar-refractivity contribution >= 4 is 11.7 Å². The Hall–Kier alpha value is -1.59. The zero-order valence-electron chi connectivity index (χ0n) is 19.1. The van der Waals surface area contributed by atoms with Crippen LogP contribution in [-0.4, -0.2) is 43.2 Å². The Morgan fingerprint density at radius 2 is 1.83 bits per heavy atom. The van der Waals surface area contributed by atoms with Gasteiger partial charge in [-0.1, -0.05) is 45.4 Å². The maximum absolute atomic E-state index is 12.9. The molecule has 0 radical (unpaired) electrons. The molecule has 5 nitrogen and oxygen atoms in total. The summed E-state index contributed by atoms with van der Waals surface area (Å²) in [5.74, 6) is 1.01. The van der Waals surface area contributed by atoms with Gasteiger partial charge in [0.15, 0.2) is 5.79 Å². The monoisotopic (exact) mass is 415 g/mol. The van der Waals surface area contributed by atoms with Crippen molar-refractivity contribution in [2.45, 2.75) is 84.4 Å². The molecule has 2 saturated heterocycles. The summed E-state index contributed by atoms with van der Waals surface area (Å²) in [6, 6.07) is 8.16. The van der Waals surface area contributed by atoms with Gasteiger partial charge in [0.25, 0.3) is 0 Å². The molecule has 0 amide bonds. The fraction of sp³-hybridized carbons (Fsp3) is 0.720. The van der Waals surface area contributed by atoms with E-state index in [-0.39, 0.29) is 24.3 Å². The maximum atomic E-state index is 12.9. The third-order valence-corrected chi connectivity index (χ3v) is 7.00. The normalized spacial score (nSPS) is 33.0. The summed E-state index contributed by atoms with van der Waals surface area (Å²) in [7, 11) is 0. The molecule has 166 valence electrons. The predicted octanol–water partition coefficient (Wildman–Crippen LogP) is 4.57. The summed E-state index contributed by atoms with van der Waals surface area (Å²) < 4.78 is 18.1. The Balaban J connectivity index is 1.41. The zero-order valence-corrected chi connectivity index (χ0v) is 19.1. The van der Waals surface area contributed by atoms with Gasteiger partial charge in [-0.2, -0.15) is 0 Å². The molecular formula is C25H37NO4. The zero-order chi connectivity index (χ0) is 21.5. The van der Waals surface area contributed by atoms with Crippen LogP contribution in [0, 0.1) is 17.8 Å². The first kappa shape index (κ1) is 21.6. The number of ether oxygens (including phenoxy) is 3. The van der Waals surface area contributed by atoms with Gasteiger partial charge < -0.3 is 19.1 Å². The average Bonchev–Trinajstić information content (AvgIpc) is 3.15. The number of fused-ring (bicyclic) bond motifs is 1. The molecule has 3 fully saturated rings. The first-order valence-electron chi connectivity index (χ1n) is 11.6. The van der Waals surface area contributed by atoms with Crippen LogP contribution in [0.2, 0.25) is 0 Å². The van der Waals surface area contributed by atoms with E-state index in [4.69, 9.17) is 14.2 Å². The third-order valence-electron chi connectivity index (χ3n) is 7.00. The fourth-order valence-corrected chi connectivity index (χ4v) is 5.51. The van der Waals surface area contributed by atoms with E-state index in [0.29, 0.717) is 24.2 Å². The van der Waals surface area contributed by atoms with Crippen molar-refractivity contribution in [2.24, 2.45) is 17.8 Å². The molecule has 30 heavy (non-hydrogen) atoms. The standard InChI is InChI=1S/C25H37NO4/c1-16(2)19-11-10-17(3)12-21(19)28-24(27)13-18-8-6-7-9-20(18)26-14-22-23(15-26)30-25(4,5)29-22/h6-9,16-17,19,21-23H,10-15H2,1-5H3/t17-,19+,21-,22-,23+/m1/s1. The molecule has 2 aliphatic heterocycles. The molecule has 1 aromatic carbocycles. The van der Waals surface area contributed by atoms with E-state index in [9.17, 15) is 4.79 Å². The van der Waals surface area contributed by atoms with Crippen LogP contribution in [0.3, 0.4) is 0 Å². The van der Waals surface area contributed by atoms with E-state index < -0.39 is 5.79 Å². The highest BCUT2D eigenvalue weighted by molar-refractivity contribution is 5.76. The number of carbonyl (C=O) groups excluding carboxylic acids is 1. The summed E-state index contributed by atoms with van der Waals surface area (Å²) in [5, 5.41) is 0. The first-order valence-corrected chi connectivity index (χ1v) is 11.6. The number of nitrogens with zero attached hydrogens (tertiary/aromatic N) is 1. The van der Waals surface area contributed by atoms with Crippen LogP contribution in [0.4, 0.5) is 5.69 Å². The van der Waals surface area contributed by atoms with Gasteiger partial charge in [-0.05, 0) is 56.1 Å². The van der Waals surface area contributed by atoms with Gasteiger partial charge in [0, 0.05) is 18.8 Å². The van der Waals surface area contributed by atoms with Gasteiger partial charge in [0.2, 0.25) is 0 Å². The smallest absolute Gasteiger partial charge is 0.310 e. The summed E-state index contributed by atoms with van der Waals surface area (Å²) in [5.41, 5.74) is 2.11. The van der Waals surface area contributed by atoms with Crippen molar-refractivity contribution in [1.82, 2.24) is 0 Å². The van der Waals surface area contributed by atoms with Crippen LogP contribution < -0.4 is 4.90 Å². The van der Waals surface area contributed by atoms with Crippen LogP contribution in [-0.2, 0) is 25.4 Å². The minimum absolute atomic E-state index is 0.0450. The quantitative estimate of drug-likeness (QED) is 0.659. The van der Waals surface area contributed by atoms with Crippen molar-refractivity contribution in [3.63, 3.8) is 0 Å². The lowest BCUT2D eigenvalue weighted by atomic mass is 9.75. The molecular weight excluding hydrogens is 378 g/mol. The minimum atomic E-state index is -0.505. The van der Waals surface area contributed by atoms with E-state index >= 15 is 0 Å². The second kappa shape index (κ2) is 8.51. The number of para-hydroxylation sites is 1. The molecule has 3 aliphatic rings. The fourth-order valence-electron chi connectivity index (χ4n) is 5.51. The van der Waals surface area contributed by atoms with Crippen molar-refractivity contribution in [2.75, 3.05) is 18.0 Å². The summed E-state index contributed by atoms with van der Waals surface area (Å²) >= 11 is 0. The Morgan fingerprint density at radius 3 is 2.50 bits per heavy atom. The topological polar surface area (TPSA) is 48.0 Å². The Morgan fingerprint density at radius 1 is 1.17 bits per heavy atom. The van der Waals surface area contributed by atoms with Crippen LogP contribution in [0.15, 0.2) is 24.3 Å². The number of hydrogen-bond donors (Lipinski definition) is 0. The minimum Gasteiger partial charge on any atom is -0.462 e. The molecule has 0 bridgehead atoms. The molecule has 1 aliphatic carbocycles. The van der Waals surface area contributed by atoms with Crippen LogP contribution in [0.1, 0.15) is 59.4 Å². The molecule has 4 rings (SSSR count). The summed E-state index contributed by atoms with van der Waals surface area (Å²) in [6.07, 6.45) is 3.88. The van der Waals surface area contributed by atoms with E-state index in [0.717, 1.165) is 37.2 Å². The number of carbonyl (C=O) groups is 1. The lowest BCUT2D eigenvalue weighted by molar-refractivity contribution is -0.155. The van der Waals surface area contributed by atoms with Gasteiger partial charge in [0.05, 0.1) is 6.42 Å². The lowest BCUT2D eigenvalue weighted by Crippen LogP contribution is -2.36. The summed E-state index contributed by atoms with van der Waals surface area (Å²) in [4.78, 5) is 15.2. The number of rotatable bonds is 5. The van der Waals surface area contributed by atoms with Crippen LogP contribution >= 0.6 is 0 Å². The highest BCUT2D eigenvalue weighted by Crippen LogP contribution is 2.37. The van der Waals surface area contributed by atoms with Gasteiger partial charge in [-0.15, -0.1) is 0 Å². The highest BCUT2D eigenvalue weighted by Gasteiger charge is 2.47. The predicted molar refractivity (Wildman–Crippen MR) is 117 cm³/mol. The molecule has 0 spiro atoms. The van der Waals surface area contributed by atoms with E-state index in [1.165, 1.54) is 6.42 Å². The molecule has 5 heteroatoms. The van der Waals surface area contributed by atoms with E-state index in [2.05, 4.69) is 31.7 Å². The molecule has 1 aromatic rings. The Kier molecular flexibility index (Phi) is 6.13. The van der Waals surface area contributed by atoms with Crippen molar-refractivity contribution < 1.29 is 19.0 Å². The molecule has 2 heterocycles. The lowest BCUT2D eigenvalue weighted by Gasteiger charge is -2.36. The van der Waals surface area contributed by atoms with Crippen molar-refractivity contribution in [3.05, 3.63) is 29.8 Å². The number of benzene rings is 1. The van der Waals surface area contributed by atoms with Crippen LogP contribution in [0.5, 0.6) is 0 Å². The molecule has 0 aromatic heterocycles. The van der Waals surface area contributed by atoms with E-state index in [1.54, 1.807) is 0 Å². The van der Waals surface area contributed by atoms with E-state index in [1.807, 2.05) is 32.0 Å². The largest absolute Gasteiger partial charge is 0.462 e. The Bertz CT molecular complexity index is 745. The second-order valence-corrected chi connectivity index (χ2v) is 10.3. The van der Waals surface area contributed by atoms with Crippen LogP contribution in [0.25, 0.3) is 0 Å². The molecule has 0 unspecified atom stereocenters. The number of esters is 1. The first-order chi connectivity index (χ1) is 14.2. The van der Waals surface area contributed by atoms with Crippen molar-refractivity contribution in [1.29, 1.82) is 0 Å². The van der Waals surface area contributed by atoms with Gasteiger partial charge >= 0.3 is 5.97 Å². The summed E-state index contributed by atoms with van der Waals surface area (Å²) in [6.45, 7) is 12.3.